The number of benzene rings is 1. The molecule has 1 aromatic rings. The van der Waals surface area contributed by atoms with Gasteiger partial charge >= 0.3 is 0 Å². The highest BCUT2D eigenvalue weighted by Crippen LogP contribution is 2.43. The highest BCUT2D eigenvalue weighted by molar-refractivity contribution is 5.63. The Balaban J connectivity index is 2.56. The van der Waals surface area contributed by atoms with Gasteiger partial charge in [-0.3, -0.25) is 0 Å². The van der Waals surface area contributed by atoms with Gasteiger partial charge in [0.2, 0.25) is 0 Å². The maximum Gasteiger partial charge on any atom is 0.116 e. The predicted molar refractivity (Wildman–Crippen MR) is 59.0 cm³/mol. The van der Waals surface area contributed by atoms with Crippen molar-refractivity contribution in [2.24, 2.45) is 0 Å². The molecule has 0 amide bonds. The SMILES string of the molecule is CCC1(C)CN(C)c2ccc(O)cc21. The lowest BCUT2D eigenvalue weighted by molar-refractivity contribution is 0.463. The number of nitrogens with zero attached hydrogens (tertiary/aromatic N) is 1. The van der Waals surface area contributed by atoms with Crippen LogP contribution in [0.4, 0.5) is 5.69 Å². The lowest BCUT2D eigenvalue weighted by Gasteiger charge is -2.22. The number of aromatic hydroxyl groups is 1. The highest BCUT2D eigenvalue weighted by Gasteiger charge is 2.35. The maximum absolute atomic E-state index is 9.49. The molecule has 14 heavy (non-hydrogen) atoms. The molecule has 1 aromatic carbocycles. The molecular formula is C12H17NO. The Morgan fingerprint density at radius 3 is 2.86 bits per heavy atom. The van der Waals surface area contributed by atoms with Gasteiger partial charge in [-0.2, -0.15) is 0 Å². The van der Waals surface area contributed by atoms with E-state index in [-0.39, 0.29) is 5.41 Å². The van der Waals surface area contributed by atoms with Crippen molar-refractivity contribution in [2.45, 2.75) is 25.7 Å². The van der Waals surface area contributed by atoms with E-state index in [9.17, 15) is 5.11 Å². The molecule has 0 radical (unpaired) electrons. The zero-order valence-electron chi connectivity index (χ0n) is 9.04. The normalized spacial score (nSPS) is 25.2. The van der Waals surface area contributed by atoms with Gasteiger partial charge in [0, 0.05) is 24.7 Å². The van der Waals surface area contributed by atoms with Crippen LogP contribution in [0.3, 0.4) is 0 Å². The minimum Gasteiger partial charge on any atom is -0.508 e. The third-order valence-corrected chi connectivity index (χ3v) is 3.41. The fraction of sp³-hybridized carbons (Fsp3) is 0.500. The number of likely N-dealkylation sites (N-methyl/N-ethyl adjacent to an activating group) is 1. The van der Waals surface area contributed by atoms with Gasteiger partial charge in [-0.15, -0.1) is 0 Å². The molecule has 0 bridgehead atoms. The topological polar surface area (TPSA) is 23.5 Å². The molecule has 2 nitrogen and oxygen atoms in total. The molecule has 1 unspecified atom stereocenters. The first-order valence-electron chi connectivity index (χ1n) is 5.11. The van der Waals surface area contributed by atoms with Gasteiger partial charge in [-0.1, -0.05) is 13.8 Å². The molecule has 1 N–H and O–H groups in total. The smallest absolute Gasteiger partial charge is 0.116 e. The van der Waals surface area contributed by atoms with Crippen molar-refractivity contribution in [1.29, 1.82) is 0 Å². The summed E-state index contributed by atoms with van der Waals surface area (Å²) < 4.78 is 0. The molecule has 0 aliphatic carbocycles. The summed E-state index contributed by atoms with van der Waals surface area (Å²) in [7, 11) is 2.11. The molecule has 1 aliphatic heterocycles. The number of hydrogen-bond donors (Lipinski definition) is 1. The van der Waals surface area contributed by atoms with Crippen LogP contribution in [0.2, 0.25) is 0 Å². The Morgan fingerprint density at radius 1 is 1.50 bits per heavy atom. The van der Waals surface area contributed by atoms with E-state index in [0.29, 0.717) is 5.75 Å². The van der Waals surface area contributed by atoms with Crippen molar-refractivity contribution in [1.82, 2.24) is 0 Å². The van der Waals surface area contributed by atoms with Gasteiger partial charge < -0.3 is 10.0 Å². The molecule has 1 atom stereocenters. The summed E-state index contributed by atoms with van der Waals surface area (Å²) in [5.41, 5.74) is 2.73. The predicted octanol–water partition coefficient (Wildman–Crippen LogP) is 2.51. The molecular weight excluding hydrogens is 174 g/mol. The molecule has 0 fully saturated rings. The summed E-state index contributed by atoms with van der Waals surface area (Å²) in [6, 6.07) is 5.67. The van der Waals surface area contributed by atoms with Crippen LogP contribution in [0.15, 0.2) is 18.2 Å². The molecule has 1 aliphatic rings. The number of anilines is 1. The summed E-state index contributed by atoms with van der Waals surface area (Å²) in [5, 5.41) is 9.49. The summed E-state index contributed by atoms with van der Waals surface area (Å²) >= 11 is 0. The average Bonchev–Trinajstić information content (AvgIpc) is 2.40. The second-order valence-electron chi connectivity index (χ2n) is 4.47. The summed E-state index contributed by atoms with van der Waals surface area (Å²) in [6.45, 7) is 5.50. The van der Waals surface area contributed by atoms with Gasteiger partial charge in [0.05, 0.1) is 0 Å². The fourth-order valence-corrected chi connectivity index (χ4v) is 2.34. The lowest BCUT2D eigenvalue weighted by Crippen LogP contribution is -2.27. The third kappa shape index (κ3) is 1.17. The van der Waals surface area contributed by atoms with Gasteiger partial charge in [0.15, 0.2) is 0 Å². The molecule has 0 spiro atoms. The number of hydrogen-bond acceptors (Lipinski definition) is 2. The second kappa shape index (κ2) is 2.91. The minimum atomic E-state index is 0.197. The van der Waals surface area contributed by atoms with E-state index in [4.69, 9.17) is 0 Å². The van der Waals surface area contributed by atoms with E-state index < -0.39 is 0 Å². The zero-order chi connectivity index (χ0) is 10.3. The van der Waals surface area contributed by atoms with Crippen molar-refractivity contribution < 1.29 is 5.11 Å². The van der Waals surface area contributed by atoms with Crippen LogP contribution in [0, 0.1) is 0 Å². The van der Waals surface area contributed by atoms with Crippen LogP contribution >= 0.6 is 0 Å². The minimum absolute atomic E-state index is 0.197. The van der Waals surface area contributed by atoms with Crippen molar-refractivity contribution >= 4 is 5.69 Å². The largest absolute Gasteiger partial charge is 0.508 e. The van der Waals surface area contributed by atoms with E-state index in [1.165, 1.54) is 11.3 Å². The zero-order valence-corrected chi connectivity index (χ0v) is 9.04. The number of fused-ring (bicyclic) bond motifs is 1. The van der Waals surface area contributed by atoms with Gasteiger partial charge in [-0.05, 0) is 30.2 Å². The summed E-state index contributed by atoms with van der Waals surface area (Å²) in [6.07, 6.45) is 1.10. The second-order valence-corrected chi connectivity index (χ2v) is 4.47. The van der Waals surface area contributed by atoms with Crippen LogP contribution in [-0.4, -0.2) is 18.7 Å². The van der Waals surface area contributed by atoms with Crippen LogP contribution in [-0.2, 0) is 5.41 Å². The third-order valence-electron chi connectivity index (χ3n) is 3.41. The first-order valence-corrected chi connectivity index (χ1v) is 5.11. The Labute approximate surface area is 85.2 Å². The lowest BCUT2D eigenvalue weighted by atomic mass is 9.82. The monoisotopic (exact) mass is 191 g/mol. The molecule has 0 aromatic heterocycles. The van der Waals surface area contributed by atoms with Crippen molar-refractivity contribution in [2.75, 3.05) is 18.5 Å². The van der Waals surface area contributed by atoms with Crippen molar-refractivity contribution in [3.63, 3.8) is 0 Å². The van der Waals surface area contributed by atoms with E-state index >= 15 is 0 Å². The first-order chi connectivity index (χ1) is 6.57. The van der Waals surface area contributed by atoms with Crippen LogP contribution < -0.4 is 4.90 Å². The summed E-state index contributed by atoms with van der Waals surface area (Å²) in [5.74, 6) is 0.374. The fourth-order valence-electron chi connectivity index (χ4n) is 2.34. The Morgan fingerprint density at radius 2 is 2.21 bits per heavy atom. The van der Waals surface area contributed by atoms with Crippen molar-refractivity contribution in [3.8, 4) is 5.75 Å². The van der Waals surface area contributed by atoms with E-state index in [1.807, 2.05) is 12.1 Å². The van der Waals surface area contributed by atoms with Crippen LogP contribution in [0.1, 0.15) is 25.8 Å². The summed E-state index contributed by atoms with van der Waals surface area (Å²) in [4.78, 5) is 2.26. The molecule has 0 saturated carbocycles. The number of rotatable bonds is 1. The van der Waals surface area contributed by atoms with E-state index in [0.717, 1.165) is 13.0 Å². The first kappa shape index (κ1) is 9.38. The molecule has 76 valence electrons. The van der Waals surface area contributed by atoms with Crippen LogP contribution in [0.5, 0.6) is 5.75 Å². The average molecular weight is 191 g/mol. The Hall–Kier alpha value is -1.18. The Kier molecular flexibility index (Phi) is 1.95. The number of phenols is 1. The number of phenolic OH excluding ortho intramolecular Hbond substituents is 1. The highest BCUT2D eigenvalue weighted by atomic mass is 16.3. The molecule has 1 heterocycles. The van der Waals surface area contributed by atoms with Gasteiger partial charge in [0.1, 0.15) is 5.75 Å². The Bertz CT molecular complexity index is 361. The standard InChI is InChI=1S/C12H17NO/c1-4-12(2)8-13(3)11-6-5-9(14)7-10(11)12/h5-7,14H,4,8H2,1-3H3. The van der Waals surface area contributed by atoms with Gasteiger partial charge in [-0.25, -0.2) is 0 Å². The maximum atomic E-state index is 9.49. The van der Waals surface area contributed by atoms with Crippen molar-refractivity contribution in [3.05, 3.63) is 23.8 Å². The van der Waals surface area contributed by atoms with E-state index in [1.54, 1.807) is 6.07 Å². The molecule has 2 rings (SSSR count). The van der Waals surface area contributed by atoms with Crippen LogP contribution in [0.25, 0.3) is 0 Å². The van der Waals surface area contributed by atoms with Gasteiger partial charge in [0.25, 0.3) is 0 Å². The van der Waals surface area contributed by atoms with E-state index in [2.05, 4.69) is 25.8 Å². The quantitative estimate of drug-likeness (QED) is 0.737. The molecule has 2 heteroatoms. The molecule has 0 saturated heterocycles.